The van der Waals surface area contributed by atoms with Crippen LogP contribution >= 0.6 is 0 Å². The number of nitrogens with two attached hydrogens (primary N) is 6. The van der Waals surface area contributed by atoms with E-state index in [4.69, 9.17) is 74.9 Å². The van der Waals surface area contributed by atoms with Gasteiger partial charge in [0.1, 0.15) is 0 Å². The zero-order chi connectivity index (χ0) is 26.5. The van der Waals surface area contributed by atoms with Gasteiger partial charge in [0, 0.05) is 78.5 Å². The summed E-state index contributed by atoms with van der Waals surface area (Å²) in [5.41, 5.74) is 32.2. The van der Waals surface area contributed by atoms with Crippen molar-refractivity contribution >= 4 is 0 Å². The van der Waals surface area contributed by atoms with Crippen LogP contribution in [0.4, 0.5) is 0 Å². The molecule has 12 N–H and O–H groups in total. The van der Waals surface area contributed by atoms with Crippen molar-refractivity contribution in [1.29, 1.82) is 0 Å². The van der Waals surface area contributed by atoms with Crippen LogP contribution in [0.15, 0.2) is 21.4 Å². The summed E-state index contributed by atoms with van der Waals surface area (Å²) in [4.78, 5) is 36.3. The van der Waals surface area contributed by atoms with Gasteiger partial charge in [0.15, 0.2) is 0 Å². The van der Waals surface area contributed by atoms with Gasteiger partial charge in [-0.3, -0.25) is 9.80 Å². The summed E-state index contributed by atoms with van der Waals surface area (Å²) < 4.78 is 0. The first-order chi connectivity index (χ1) is 15.3. The molecule has 0 aromatic heterocycles. The van der Waals surface area contributed by atoms with Crippen LogP contribution in [-0.2, 0) is 33.6 Å². The predicted molar refractivity (Wildman–Crippen MR) is 124 cm³/mol. The molecule has 0 bridgehead atoms. The molecule has 0 radical (unpaired) electrons. The van der Waals surface area contributed by atoms with E-state index in [2.05, 4.69) is 9.80 Å². The van der Waals surface area contributed by atoms with Gasteiger partial charge in [0.2, 0.25) is 0 Å². The van der Waals surface area contributed by atoms with Gasteiger partial charge in [-0.2, -0.15) is 0 Å². The molecule has 0 saturated carbocycles. The van der Waals surface area contributed by atoms with Gasteiger partial charge in [-0.1, -0.05) is 0 Å². The Morgan fingerprint density at radius 3 is 0.556 bits per heavy atom. The third kappa shape index (κ3) is 117. The molecular formula is C12H36Cl2Co2N12O8. The van der Waals surface area contributed by atoms with Gasteiger partial charge >= 0.3 is 33.6 Å². The van der Waals surface area contributed by atoms with Crippen molar-refractivity contribution in [3.05, 3.63) is 40.5 Å². The van der Waals surface area contributed by atoms with Crippen molar-refractivity contribution in [3.8, 4) is 0 Å². The number of rotatable bonds is 12. The Balaban J connectivity index is -0.0000000304. The van der Waals surface area contributed by atoms with E-state index in [1.807, 2.05) is 0 Å². The van der Waals surface area contributed by atoms with Crippen molar-refractivity contribution in [3.63, 3.8) is 0 Å². The van der Waals surface area contributed by atoms with Crippen molar-refractivity contribution in [2.45, 2.75) is 0 Å². The van der Waals surface area contributed by atoms with Gasteiger partial charge in [-0.25, -0.2) is 0 Å². The number of hydrogen-bond donors (Lipinski definition) is 6. The zero-order valence-corrected chi connectivity index (χ0v) is 22.9. The van der Waals surface area contributed by atoms with Gasteiger partial charge in [0.25, 0.3) is 0 Å². The summed E-state index contributed by atoms with van der Waals surface area (Å²) in [5, 5.41) is 36.0. The van der Waals surface area contributed by atoms with Crippen LogP contribution in [0.3, 0.4) is 0 Å². The maximum atomic E-state index is 8.00. The van der Waals surface area contributed by atoms with E-state index < -0.39 is 0 Å². The monoisotopic (exact) mass is 664 g/mol. The molecular weight excluding hydrogens is 629 g/mol. The molecule has 0 fully saturated rings. The molecule has 0 unspecified atom stereocenters. The summed E-state index contributed by atoms with van der Waals surface area (Å²) in [5.74, 6) is 0. The molecule has 0 aromatic carbocycles. The molecule has 0 aliphatic carbocycles. The SMILES string of the molecule is NCCN(CCN)CCN.NCCN(CCN)CCN.O=N[O-].O=N[O-].O=N[O-].O=N[O-].[Cl-].[Cl-].[Co+3].[Co+3]. The molecule has 224 valence electrons. The minimum absolute atomic E-state index is 0. The molecule has 0 spiro atoms. The average Bonchev–Trinajstić information content (AvgIpc) is 2.72. The van der Waals surface area contributed by atoms with Gasteiger partial charge in [-0.15, -0.1) is 21.4 Å². The van der Waals surface area contributed by atoms with Crippen molar-refractivity contribution in [2.24, 2.45) is 55.8 Å². The number of hydrogen-bond acceptors (Lipinski definition) is 20. The molecule has 36 heavy (non-hydrogen) atoms. The van der Waals surface area contributed by atoms with Crippen molar-refractivity contribution < 1.29 is 58.4 Å². The van der Waals surface area contributed by atoms with Crippen LogP contribution in [0.2, 0.25) is 0 Å². The maximum absolute atomic E-state index is 8.00. The molecule has 0 aromatic rings. The Morgan fingerprint density at radius 1 is 0.417 bits per heavy atom. The summed E-state index contributed by atoms with van der Waals surface area (Å²) >= 11 is 0. The molecule has 24 heteroatoms. The predicted octanol–water partition coefficient (Wildman–Crippen LogP) is -8.67. The van der Waals surface area contributed by atoms with Crippen molar-refractivity contribution in [2.75, 3.05) is 78.5 Å². The van der Waals surface area contributed by atoms with Crippen LogP contribution < -0.4 is 59.2 Å². The van der Waals surface area contributed by atoms with Crippen molar-refractivity contribution in [1.82, 2.24) is 9.80 Å². The van der Waals surface area contributed by atoms with E-state index in [0.29, 0.717) is 39.3 Å². The van der Waals surface area contributed by atoms with Gasteiger partial charge < -0.3 is 99.7 Å². The first-order valence-corrected chi connectivity index (χ1v) is 8.81. The minimum atomic E-state index is 0. The maximum Gasteiger partial charge on any atom is 3.00 e. The fourth-order valence-electron chi connectivity index (χ4n) is 1.77. The fourth-order valence-corrected chi connectivity index (χ4v) is 1.77. The standard InChI is InChI=1S/2C6H18N4.2ClH.2Co.4HNO2/c2*7-1-4-10(5-2-8)6-3-9;;;;;4*2-1-3/h2*1-9H2;2*1H;;;4*(H,2,3)/q;;;;2*+3;;;;/p-6. The Bertz CT molecular complexity index is 288. The smallest absolute Gasteiger partial charge is 1.00 e. The Morgan fingerprint density at radius 2 is 0.500 bits per heavy atom. The van der Waals surface area contributed by atoms with Crippen LogP contribution in [0.5, 0.6) is 0 Å². The van der Waals surface area contributed by atoms with Crippen LogP contribution in [-0.4, -0.2) is 88.3 Å². The molecule has 0 aliphatic rings. The summed E-state index contributed by atoms with van der Waals surface area (Å²) in [6.07, 6.45) is 0. The second kappa shape index (κ2) is 84.0. The van der Waals surface area contributed by atoms with Crippen LogP contribution in [0, 0.1) is 40.5 Å². The van der Waals surface area contributed by atoms with Crippen LogP contribution in [0.1, 0.15) is 0 Å². The largest absolute Gasteiger partial charge is 3.00 e. The molecule has 0 heterocycles. The minimum Gasteiger partial charge on any atom is -1.00 e. The third-order valence-corrected chi connectivity index (χ3v) is 2.67. The Hall–Kier alpha value is -1.13. The van der Waals surface area contributed by atoms with Gasteiger partial charge in [-0.05, 0) is 0 Å². The fraction of sp³-hybridized carbons (Fsp3) is 1.00. The molecule has 0 amide bonds. The van der Waals surface area contributed by atoms with E-state index in [1.165, 1.54) is 0 Å². The van der Waals surface area contributed by atoms with Gasteiger partial charge in [0.05, 0.1) is 0 Å². The Kier molecular flexibility index (Phi) is 151. The molecule has 0 saturated heterocycles. The van der Waals surface area contributed by atoms with E-state index in [-0.39, 0.29) is 58.4 Å². The normalized spacial score (nSPS) is 7.33. The third-order valence-electron chi connectivity index (χ3n) is 2.67. The van der Waals surface area contributed by atoms with E-state index in [1.54, 1.807) is 0 Å². The average molecular weight is 665 g/mol. The quantitative estimate of drug-likeness (QED) is 0.0832. The molecule has 20 nitrogen and oxygen atoms in total. The summed E-state index contributed by atoms with van der Waals surface area (Å²) in [7, 11) is 0. The molecule has 0 atom stereocenters. The van der Waals surface area contributed by atoms with E-state index >= 15 is 0 Å². The second-order valence-corrected chi connectivity index (χ2v) is 4.71. The zero-order valence-electron chi connectivity index (χ0n) is 19.3. The number of halogens is 2. The molecule has 0 aliphatic heterocycles. The van der Waals surface area contributed by atoms with Crippen LogP contribution in [0.25, 0.3) is 0 Å². The van der Waals surface area contributed by atoms with E-state index in [0.717, 1.165) is 60.6 Å². The van der Waals surface area contributed by atoms with E-state index in [9.17, 15) is 0 Å². The first-order valence-electron chi connectivity index (χ1n) is 8.81. The summed E-state index contributed by atoms with van der Waals surface area (Å²) in [6, 6.07) is 0. The Labute approximate surface area is 242 Å². The topological polar surface area (TPSA) is 373 Å². The number of nitrogens with zero attached hydrogens (tertiary/aromatic N) is 6. The second-order valence-electron chi connectivity index (χ2n) is 4.71. The first kappa shape index (κ1) is 64.7. The molecule has 0 rings (SSSR count). The summed E-state index contributed by atoms with van der Waals surface area (Å²) in [6.45, 7) is 9.47.